The summed E-state index contributed by atoms with van der Waals surface area (Å²) >= 11 is 0. The number of carboxylic acids is 1. The number of hydrogen-bond acceptors (Lipinski definition) is 2. The summed E-state index contributed by atoms with van der Waals surface area (Å²) in [7, 11) is 0. The normalized spacial score (nSPS) is 12.7. The minimum atomic E-state index is -0.987. The minimum absolute atomic E-state index is 0.417. The van der Waals surface area contributed by atoms with E-state index in [2.05, 4.69) is 19.2 Å². The highest BCUT2D eigenvalue weighted by Gasteiger charge is 2.19. The van der Waals surface area contributed by atoms with Crippen molar-refractivity contribution in [2.24, 2.45) is 5.92 Å². The van der Waals surface area contributed by atoms with Gasteiger partial charge in [-0.2, -0.15) is 0 Å². The maximum atomic E-state index is 13.0. The topological polar surface area (TPSA) is 49.3 Å². The van der Waals surface area contributed by atoms with Crippen LogP contribution in [0.3, 0.4) is 0 Å². The Morgan fingerprint density at radius 2 is 2.18 bits per heavy atom. The van der Waals surface area contributed by atoms with Gasteiger partial charge in [-0.15, -0.1) is 0 Å². The van der Waals surface area contributed by atoms with Crippen LogP contribution in [-0.4, -0.2) is 17.6 Å². The lowest BCUT2D eigenvalue weighted by atomic mass is 10.1. The summed E-state index contributed by atoms with van der Waals surface area (Å²) < 4.78 is 13.0. The first kappa shape index (κ1) is 13.6. The first-order valence-electron chi connectivity index (χ1n) is 5.72. The molecule has 3 nitrogen and oxygen atoms in total. The Morgan fingerprint density at radius 1 is 1.47 bits per heavy atom. The van der Waals surface area contributed by atoms with Crippen LogP contribution in [0, 0.1) is 11.7 Å². The monoisotopic (exact) mass is 239 g/mol. The van der Waals surface area contributed by atoms with E-state index in [1.165, 1.54) is 18.2 Å². The second-order valence-corrected chi connectivity index (χ2v) is 4.46. The van der Waals surface area contributed by atoms with Gasteiger partial charge >= 0.3 is 5.97 Å². The van der Waals surface area contributed by atoms with Crippen molar-refractivity contribution in [1.82, 2.24) is 5.32 Å². The van der Waals surface area contributed by atoms with Crippen LogP contribution in [0.15, 0.2) is 24.3 Å². The molecular weight excluding hydrogens is 221 g/mol. The number of aliphatic carboxylic acids is 1. The number of nitrogens with one attached hydrogen (secondary N) is 1. The predicted molar refractivity (Wildman–Crippen MR) is 64.2 cm³/mol. The van der Waals surface area contributed by atoms with Gasteiger partial charge in [0.25, 0.3) is 0 Å². The highest BCUT2D eigenvalue weighted by Crippen LogP contribution is 2.14. The van der Waals surface area contributed by atoms with Crippen molar-refractivity contribution in [2.75, 3.05) is 6.54 Å². The molecule has 94 valence electrons. The molecular formula is C13H18FNO2. The van der Waals surface area contributed by atoms with Crippen molar-refractivity contribution < 1.29 is 14.3 Å². The molecule has 0 fully saturated rings. The maximum absolute atomic E-state index is 13.0. The van der Waals surface area contributed by atoms with Gasteiger partial charge in [-0.1, -0.05) is 26.0 Å². The lowest BCUT2D eigenvalue weighted by Gasteiger charge is -2.15. The number of carboxylic acid groups (broad SMARTS) is 1. The third-order valence-corrected chi connectivity index (χ3v) is 2.50. The van der Waals surface area contributed by atoms with E-state index < -0.39 is 17.8 Å². The molecule has 0 aliphatic carbocycles. The van der Waals surface area contributed by atoms with Crippen LogP contribution < -0.4 is 5.32 Å². The van der Waals surface area contributed by atoms with Crippen molar-refractivity contribution in [3.8, 4) is 0 Å². The molecule has 2 N–H and O–H groups in total. The van der Waals surface area contributed by atoms with E-state index in [1.54, 1.807) is 6.07 Å². The highest BCUT2D eigenvalue weighted by atomic mass is 19.1. The van der Waals surface area contributed by atoms with Crippen LogP contribution >= 0.6 is 0 Å². The van der Waals surface area contributed by atoms with Gasteiger partial charge in [0.05, 0.1) is 0 Å². The lowest BCUT2D eigenvalue weighted by molar-refractivity contribution is -0.139. The summed E-state index contributed by atoms with van der Waals surface area (Å²) in [4.78, 5) is 11.1. The predicted octanol–water partition coefficient (Wildman–Crippen LogP) is 2.59. The minimum Gasteiger partial charge on any atom is -0.480 e. The third-order valence-electron chi connectivity index (χ3n) is 2.50. The van der Waals surface area contributed by atoms with Gasteiger partial charge in [-0.3, -0.25) is 4.79 Å². The number of rotatable bonds is 6. The van der Waals surface area contributed by atoms with E-state index in [4.69, 9.17) is 5.11 Å². The van der Waals surface area contributed by atoms with Gasteiger partial charge in [0.2, 0.25) is 0 Å². The molecule has 0 saturated carbocycles. The van der Waals surface area contributed by atoms with Crippen molar-refractivity contribution >= 4 is 5.97 Å². The van der Waals surface area contributed by atoms with E-state index in [1.807, 2.05) is 0 Å². The Kier molecular flexibility index (Phi) is 5.10. The van der Waals surface area contributed by atoms with E-state index in [0.717, 1.165) is 6.42 Å². The smallest absolute Gasteiger partial charge is 0.325 e. The van der Waals surface area contributed by atoms with Gasteiger partial charge < -0.3 is 10.4 Å². The van der Waals surface area contributed by atoms with Crippen LogP contribution in [0.25, 0.3) is 0 Å². The summed E-state index contributed by atoms with van der Waals surface area (Å²) in [6.07, 6.45) is 0.888. The molecule has 0 saturated heterocycles. The van der Waals surface area contributed by atoms with E-state index >= 15 is 0 Å². The number of carbonyl (C=O) groups is 1. The molecule has 0 aliphatic heterocycles. The second-order valence-electron chi connectivity index (χ2n) is 4.46. The fraction of sp³-hybridized carbons (Fsp3) is 0.462. The summed E-state index contributed by atoms with van der Waals surface area (Å²) in [5, 5.41) is 12.0. The van der Waals surface area contributed by atoms with Gasteiger partial charge in [0.1, 0.15) is 11.9 Å². The van der Waals surface area contributed by atoms with Crippen molar-refractivity contribution in [1.29, 1.82) is 0 Å². The summed E-state index contributed by atoms with van der Waals surface area (Å²) in [6, 6.07) is 4.84. The average molecular weight is 239 g/mol. The average Bonchev–Trinajstić information content (AvgIpc) is 2.23. The van der Waals surface area contributed by atoms with Crippen LogP contribution in [0.2, 0.25) is 0 Å². The van der Waals surface area contributed by atoms with E-state index in [9.17, 15) is 9.18 Å². The standard InChI is InChI=1S/C13H18FNO2/c1-9(2)6-7-15-12(13(16)17)10-4-3-5-11(14)8-10/h3-5,8-9,12,15H,6-7H2,1-2H3,(H,16,17). The van der Waals surface area contributed by atoms with Gasteiger partial charge in [-0.05, 0) is 36.6 Å². The second kappa shape index (κ2) is 6.35. The Bertz CT molecular complexity index is 379. The molecule has 1 aromatic rings. The molecule has 1 unspecified atom stereocenters. The lowest BCUT2D eigenvalue weighted by Crippen LogP contribution is -2.29. The molecule has 1 rings (SSSR count). The van der Waals surface area contributed by atoms with Crippen molar-refractivity contribution in [2.45, 2.75) is 26.3 Å². The Balaban J connectivity index is 2.69. The Hall–Kier alpha value is -1.42. The molecule has 0 aliphatic rings. The molecule has 4 heteroatoms. The zero-order valence-corrected chi connectivity index (χ0v) is 10.1. The summed E-state index contributed by atoms with van der Waals surface area (Å²) in [5.41, 5.74) is 0.446. The Morgan fingerprint density at radius 3 is 2.71 bits per heavy atom. The maximum Gasteiger partial charge on any atom is 0.325 e. The van der Waals surface area contributed by atoms with Crippen molar-refractivity contribution in [3.63, 3.8) is 0 Å². The number of hydrogen-bond donors (Lipinski definition) is 2. The van der Waals surface area contributed by atoms with Crippen LogP contribution in [-0.2, 0) is 4.79 Å². The van der Waals surface area contributed by atoms with E-state index in [0.29, 0.717) is 18.0 Å². The fourth-order valence-corrected chi connectivity index (χ4v) is 1.55. The number of halogens is 1. The first-order chi connectivity index (χ1) is 8.00. The molecule has 0 aromatic heterocycles. The SMILES string of the molecule is CC(C)CCNC(C(=O)O)c1cccc(F)c1. The fourth-order valence-electron chi connectivity index (χ4n) is 1.55. The molecule has 1 atom stereocenters. The molecule has 0 bridgehead atoms. The van der Waals surface area contributed by atoms with E-state index in [-0.39, 0.29) is 0 Å². The molecule has 1 aromatic carbocycles. The molecule has 0 heterocycles. The summed E-state index contributed by atoms with van der Waals surface area (Å²) in [5.74, 6) is -0.900. The van der Waals surface area contributed by atoms with Gasteiger partial charge in [0.15, 0.2) is 0 Å². The Labute approximate surface area is 101 Å². The summed E-state index contributed by atoms with van der Waals surface area (Å²) in [6.45, 7) is 4.74. The van der Waals surface area contributed by atoms with Gasteiger partial charge in [-0.25, -0.2) is 4.39 Å². The van der Waals surface area contributed by atoms with Crippen LogP contribution in [0.5, 0.6) is 0 Å². The quantitative estimate of drug-likeness (QED) is 0.802. The zero-order chi connectivity index (χ0) is 12.8. The molecule has 0 amide bonds. The number of benzene rings is 1. The van der Waals surface area contributed by atoms with Gasteiger partial charge in [0, 0.05) is 0 Å². The largest absolute Gasteiger partial charge is 0.480 e. The molecule has 17 heavy (non-hydrogen) atoms. The molecule has 0 spiro atoms. The molecule has 0 radical (unpaired) electrons. The van der Waals surface area contributed by atoms with Crippen LogP contribution in [0.4, 0.5) is 4.39 Å². The van der Waals surface area contributed by atoms with Crippen molar-refractivity contribution in [3.05, 3.63) is 35.6 Å². The van der Waals surface area contributed by atoms with Crippen LogP contribution in [0.1, 0.15) is 31.9 Å². The zero-order valence-electron chi connectivity index (χ0n) is 10.1. The third kappa shape index (κ3) is 4.53. The first-order valence-corrected chi connectivity index (χ1v) is 5.72. The highest BCUT2D eigenvalue weighted by molar-refractivity contribution is 5.75.